The lowest BCUT2D eigenvalue weighted by Gasteiger charge is -2.21. The van der Waals surface area contributed by atoms with Crippen LogP contribution in [0, 0.1) is 18.3 Å². The van der Waals surface area contributed by atoms with Crippen LogP contribution in [0.2, 0.25) is 0 Å². The Morgan fingerprint density at radius 1 is 0.957 bits per heavy atom. The lowest BCUT2D eigenvalue weighted by molar-refractivity contribution is 0.244. The summed E-state index contributed by atoms with van der Waals surface area (Å²) < 4.78 is 6.24. The number of hydrogen-bond donors (Lipinski definition) is 0. The van der Waals surface area contributed by atoms with E-state index in [1.165, 1.54) is 0 Å². The van der Waals surface area contributed by atoms with Gasteiger partial charge in [0.2, 0.25) is 0 Å². The van der Waals surface area contributed by atoms with Gasteiger partial charge in [0.1, 0.15) is 23.6 Å². The predicted octanol–water partition coefficient (Wildman–Crippen LogP) is 4.43. The Morgan fingerprint density at radius 3 is 2.00 bits per heavy atom. The summed E-state index contributed by atoms with van der Waals surface area (Å²) in [5.74, 6) is 0.682. The van der Waals surface area contributed by atoms with E-state index >= 15 is 0 Å². The number of benzene rings is 2. The van der Waals surface area contributed by atoms with Crippen molar-refractivity contribution in [1.29, 1.82) is 5.26 Å². The lowest BCUT2D eigenvalue weighted by Crippen LogP contribution is -2.10. The summed E-state index contributed by atoms with van der Waals surface area (Å²) in [6.07, 6.45) is 1.40. The van der Waals surface area contributed by atoms with Gasteiger partial charge in [0.15, 0.2) is 0 Å². The van der Waals surface area contributed by atoms with Crippen molar-refractivity contribution in [3.8, 4) is 11.8 Å². The molecule has 0 saturated carbocycles. The number of aromatic nitrogens is 1. The average Bonchev–Trinajstić information content (AvgIpc) is 2.62. The molecular weight excluding hydrogens is 284 g/mol. The molecule has 0 unspecified atom stereocenters. The standard InChI is InChI=1S/C20H16N2O/c1-15-12-18(13-21)22-14-19(15)23-20(16-8-4-2-5-9-16)17-10-6-3-7-11-17/h2-12,14,20H,1H3. The van der Waals surface area contributed by atoms with Gasteiger partial charge in [-0.2, -0.15) is 5.26 Å². The van der Waals surface area contributed by atoms with Crippen LogP contribution in [0.25, 0.3) is 0 Å². The minimum atomic E-state index is -0.217. The molecule has 0 fully saturated rings. The molecule has 3 nitrogen and oxygen atoms in total. The van der Waals surface area contributed by atoms with Gasteiger partial charge in [-0.3, -0.25) is 0 Å². The molecule has 23 heavy (non-hydrogen) atoms. The molecule has 1 aromatic heterocycles. The van der Waals surface area contributed by atoms with Gasteiger partial charge >= 0.3 is 0 Å². The van der Waals surface area contributed by atoms with E-state index < -0.39 is 0 Å². The third kappa shape index (κ3) is 3.38. The molecule has 3 aromatic rings. The fourth-order valence-electron chi connectivity index (χ4n) is 2.44. The number of rotatable bonds is 4. The molecule has 0 aliphatic heterocycles. The summed E-state index contributed by atoms with van der Waals surface area (Å²) in [6.45, 7) is 1.92. The Hall–Kier alpha value is -3.12. The van der Waals surface area contributed by atoms with E-state index in [9.17, 15) is 0 Å². The lowest BCUT2D eigenvalue weighted by atomic mass is 10.0. The summed E-state index contributed by atoms with van der Waals surface area (Å²) >= 11 is 0. The second kappa shape index (κ2) is 6.76. The van der Waals surface area contributed by atoms with Gasteiger partial charge in [-0.1, -0.05) is 60.7 Å². The van der Waals surface area contributed by atoms with Crippen LogP contribution in [0.4, 0.5) is 0 Å². The maximum atomic E-state index is 8.94. The van der Waals surface area contributed by atoms with Gasteiger partial charge < -0.3 is 4.74 Å². The Bertz CT molecular complexity index is 784. The molecule has 0 spiro atoms. The number of pyridine rings is 1. The second-order valence-electron chi connectivity index (χ2n) is 5.27. The zero-order valence-corrected chi connectivity index (χ0v) is 12.8. The van der Waals surface area contributed by atoms with Crippen molar-refractivity contribution in [1.82, 2.24) is 4.98 Å². The topological polar surface area (TPSA) is 45.9 Å². The van der Waals surface area contributed by atoms with Crippen LogP contribution in [-0.4, -0.2) is 4.98 Å². The third-order valence-corrected chi connectivity index (χ3v) is 3.63. The predicted molar refractivity (Wildman–Crippen MR) is 89.0 cm³/mol. The maximum Gasteiger partial charge on any atom is 0.149 e. The molecule has 0 amide bonds. The van der Waals surface area contributed by atoms with Crippen LogP contribution in [0.5, 0.6) is 5.75 Å². The highest BCUT2D eigenvalue weighted by Gasteiger charge is 2.17. The van der Waals surface area contributed by atoms with Crippen molar-refractivity contribution in [2.45, 2.75) is 13.0 Å². The van der Waals surface area contributed by atoms with E-state index in [1.807, 2.05) is 73.7 Å². The van der Waals surface area contributed by atoms with Gasteiger partial charge in [-0.25, -0.2) is 4.98 Å². The van der Waals surface area contributed by atoms with E-state index in [0.717, 1.165) is 16.7 Å². The second-order valence-corrected chi connectivity index (χ2v) is 5.27. The van der Waals surface area contributed by atoms with Crippen LogP contribution in [0.1, 0.15) is 28.5 Å². The first-order valence-corrected chi connectivity index (χ1v) is 7.41. The minimum Gasteiger partial charge on any atom is -0.479 e. The van der Waals surface area contributed by atoms with E-state index in [4.69, 9.17) is 10.00 Å². The first-order chi connectivity index (χ1) is 11.3. The smallest absolute Gasteiger partial charge is 0.149 e. The fourth-order valence-corrected chi connectivity index (χ4v) is 2.44. The van der Waals surface area contributed by atoms with Crippen LogP contribution < -0.4 is 4.74 Å². The van der Waals surface area contributed by atoms with Crippen molar-refractivity contribution in [3.05, 3.63) is 95.3 Å². The van der Waals surface area contributed by atoms with Gasteiger partial charge in [0.25, 0.3) is 0 Å². The Labute approximate surface area is 135 Å². The van der Waals surface area contributed by atoms with Gasteiger partial charge in [0.05, 0.1) is 6.20 Å². The van der Waals surface area contributed by atoms with Gasteiger partial charge in [0, 0.05) is 0 Å². The van der Waals surface area contributed by atoms with E-state index in [-0.39, 0.29) is 6.10 Å². The van der Waals surface area contributed by atoms with Crippen molar-refractivity contribution in [3.63, 3.8) is 0 Å². The summed E-state index contributed by atoms with van der Waals surface area (Å²) in [5.41, 5.74) is 3.43. The summed E-state index contributed by atoms with van der Waals surface area (Å²) in [7, 11) is 0. The molecule has 112 valence electrons. The number of aryl methyl sites for hydroxylation is 1. The minimum absolute atomic E-state index is 0.217. The highest BCUT2D eigenvalue weighted by Crippen LogP contribution is 2.29. The highest BCUT2D eigenvalue weighted by molar-refractivity contribution is 5.38. The van der Waals surface area contributed by atoms with Gasteiger partial charge in [-0.05, 0) is 29.7 Å². The molecular formula is C20H16N2O. The molecule has 0 aliphatic rings. The van der Waals surface area contributed by atoms with Crippen LogP contribution >= 0.6 is 0 Å². The highest BCUT2D eigenvalue weighted by atomic mass is 16.5. The molecule has 0 saturated heterocycles. The third-order valence-electron chi connectivity index (χ3n) is 3.63. The largest absolute Gasteiger partial charge is 0.479 e. The number of hydrogen-bond acceptors (Lipinski definition) is 3. The Balaban J connectivity index is 1.99. The molecule has 0 aliphatic carbocycles. The normalized spacial score (nSPS) is 10.3. The Kier molecular flexibility index (Phi) is 4.35. The average molecular weight is 300 g/mol. The molecule has 0 radical (unpaired) electrons. The molecule has 3 rings (SSSR count). The molecule has 0 bridgehead atoms. The van der Waals surface area contributed by atoms with Crippen molar-refractivity contribution < 1.29 is 4.74 Å². The molecule has 3 heteroatoms. The SMILES string of the molecule is Cc1cc(C#N)ncc1OC(c1ccccc1)c1ccccc1. The van der Waals surface area contributed by atoms with Crippen LogP contribution in [0.15, 0.2) is 72.9 Å². The molecule has 2 aromatic carbocycles. The monoisotopic (exact) mass is 300 g/mol. The van der Waals surface area contributed by atoms with E-state index in [0.29, 0.717) is 11.4 Å². The van der Waals surface area contributed by atoms with Crippen molar-refractivity contribution >= 4 is 0 Å². The number of nitrogens with zero attached hydrogens (tertiary/aromatic N) is 2. The molecule has 1 heterocycles. The van der Waals surface area contributed by atoms with Crippen LogP contribution in [-0.2, 0) is 0 Å². The molecule has 0 atom stereocenters. The summed E-state index contributed by atoms with van der Waals surface area (Å²) in [6, 6.07) is 23.9. The Morgan fingerprint density at radius 2 is 1.52 bits per heavy atom. The zero-order valence-electron chi connectivity index (χ0n) is 12.8. The van der Waals surface area contributed by atoms with Gasteiger partial charge in [-0.15, -0.1) is 0 Å². The van der Waals surface area contributed by atoms with Crippen LogP contribution in [0.3, 0.4) is 0 Å². The zero-order chi connectivity index (χ0) is 16.1. The first-order valence-electron chi connectivity index (χ1n) is 7.41. The van der Waals surface area contributed by atoms with Crippen molar-refractivity contribution in [2.24, 2.45) is 0 Å². The van der Waals surface area contributed by atoms with E-state index in [1.54, 1.807) is 12.3 Å². The number of ether oxygens (including phenoxy) is 1. The van der Waals surface area contributed by atoms with E-state index in [2.05, 4.69) is 4.98 Å². The quantitative estimate of drug-likeness (QED) is 0.716. The summed E-state index contributed by atoms with van der Waals surface area (Å²) in [5, 5.41) is 8.94. The number of nitriles is 1. The first kappa shape index (κ1) is 14.8. The molecule has 0 N–H and O–H groups in total. The van der Waals surface area contributed by atoms with Crippen molar-refractivity contribution in [2.75, 3.05) is 0 Å². The maximum absolute atomic E-state index is 8.94. The summed E-state index contributed by atoms with van der Waals surface area (Å²) in [4.78, 5) is 4.11. The fraction of sp³-hybridized carbons (Fsp3) is 0.100.